The fraction of sp³-hybridized carbons (Fsp3) is 0.462. The topological polar surface area (TPSA) is 55.1 Å². The highest BCUT2D eigenvalue weighted by Gasteiger charge is 2.07. The second kappa shape index (κ2) is 7.48. The van der Waals surface area contributed by atoms with Crippen molar-refractivity contribution in [3.05, 3.63) is 28.5 Å². The van der Waals surface area contributed by atoms with Crippen LogP contribution in [0.1, 0.15) is 26.2 Å². The lowest BCUT2D eigenvalue weighted by molar-refractivity contribution is -0.116. The summed E-state index contributed by atoms with van der Waals surface area (Å²) in [5.74, 6) is 0.0441. The highest BCUT2D eigenvalue weighted by atomic mass is 79.9. The van der Waals surface area contributed by atoms with Gasteiger partial charge in [0.1, 0.15) is 5.82 Å². The molecule has 0 aromatic heterocycles. The predicted octanol–water partition coefficient (Wildman–Crippen LogP) is 3.29. The van der Waals surface area contributed by atoms with Crippen molar-refractivity contribution in [2.75, 3.05) is 11.9 Å². The zero-order chi connectivity index (χ0) is 13.5. The summed E-state index contributed by atoms with van der Waals surface area (Å²) in [5.41, 5.74) is 6.05. The summed E-state index contributed by atoms with van der Waals surface area (Å²) < 4.78 is 13.3. The summed E-state index contributed by atoms with van der Waals surface area (Å²) in [6.07, 6.45) is 2.19. The molecule has 3 nitrogen and oxygen atoms in total. The summed E-state index contributed by atoms with van der Waals surface area (Å²) in [5, 5.41) is 2.74. The first-order chi connectivity index (χ1) is 8.52. The maximum absolute atomic E-state index is 13.0. The van der Waals surface area contributed by atoms with E-state index in [-0.39, 0.29) is 11.7 Å². The number of hydrogen-bond acceptors (Lipinski definition) is 2. The zero-order valence-corrected chi connectivity index (χ0v) is 12.0. The van der Waals surface area contributed by atoms with Crippen LogP contribution in [0.15, 0.2) is 22.7 Å². The average Bonchev–Trinajstić information content (AvgIpc) is 2.32. The first kappa shape index (κ1) is 15.1. The number of nitrogens with one attached hydrogen (secondary N) is 1. The third-order valence-electron chi connectivity index (χ3n) is 2.73. The third-order valence-corrected chi connectivity index (χ3v) is 3.33. The van der Waals surface area contributed by atoms with Gasteiger partial charge in [0.15, 0.2) is 0 Å². The van der Waals surface area contributed by atoms with Crippen molar-refractivity contribution in [3.63, 3.8) is 0 Å². The Morgan fingerprint density at radius 1 is 1.50 bits per heavy atom. The molecule has 0 saturated heterocycles. The second-order valence-electron chi connectivity index (χ2n) is 4.40. The van der Waals surface area contributed by atoms with Gasteiger partial charge in [0.25, 0.3) is 0 Å². The molecule has 1 atom stereocenters. The molecular weight excluding hydrogens is 299 g/mol. The monoisotopic (exact) mass is 316 g/mol. The van der Waals surface area contributed by atoms with E-state index in [0.717, 1.165) is 12.8 Å². The van der Waals surface area contributed by atoms with Crippen LogP contribution in [-0.4, -0.2) is 12.5 Å². The molecule has 0 aliphatic rings. The van der Waals surface area contributed by atoms with Crippen molar-refractivity contribution in [1.29, 1.82) is 0 Å². The number of nitrogens with two attached hydrogens (primary N) is 1. The number of halogens is 2. The number of carbonyl (C=O) groups excluding carboxylic acids is 1. The van der Waals surface area contributed by atoms with Gasteiger partial charge in [0, 0.05) is 12.1 Å². The van der Waals surface area contributed by atoms with Crippen LogP contribution in [0.4, 0.5) is 10.1 Å². The molecule has 1 amide bonds. The van der Waals surface area contributed by atoms with Gasteiger partial charge in [-0.25, -0.2) is 4.39 Å². The van der Waals surface area contributed by atoms with Crippen LogP contribution in [0, 0.1) is 11.7 Å². The predicted molar refractivity (Wildman–Crippen MR) is 74.8 cm³/mol. The summed E-state index contributed by atoms with van der Waals surface area (Å²) in [6, 6.07) is 4.41. The minimum Gasteiger partial charge on any atom is -0.330 e. The van der Waals surface area contributed by atoms with Gasteiger partial charge in [-0.1, -0.05) is 6.92 Å². The minimum atomic E-state index is -0.343. The average molecular weight is 317 g/mol. The molecule has 3 N–H and O–H groups in total. The fourth-order valence-corrected chi connectivity index (χ4v) is 1.98. The van der Waals surface area contributed by atoms with E-state index in [4.69, 9.17) is 5.73 Å². The number of amides is 1. The highest BCUT2D eigenvalue weighted by molar-refractivity contribution is 9.10. The molecule has 0 bridgehead atoms. The van der Waals surface area contributed by atoms with Crippen molar-refractivity contribution >= 4 is 27.5 Å². The largest absolute Gasteiger partial charge is 0.330 e. The van der Waals surface area contributed by atoms with Gasteiger partial charge < -0.3 is 11.1 Å². The number of rotatable bonds is 6. The van der Waals surface area contributed by atoms with E-state index < -0.39 is 0 Å². The Kier molecular flexibility index (Phi) is 6.29. The first-order valence-corrected chi connectivity index (χ1v) is 6.77. The van der Waals surface area contributed by atoms with E-state index in [1.165, 1.54) is 6.07 Å². The van der Waals surface area contributed by atoms with E-state index in [9.17, 15) is 9.18 Å². The molecule has 5 heteroatoms. The van der Waals surface area contributed by atoms with Crippen molar-refractivity contribution in [2.45, 2.75) is 26.2 Å². The SMILES string of the molecule is CC(CCN)CCC(=O)Nc1ccc(F)c(Br)c1. The van der Waals surface area contributed by atoms with Gasteiger partial charge in [-0.15, -0.1) is 0 Å². The van der Waals surface area contributed by atoms with E-state index in [0.29, 0.717) is 29.0 Å². The zero-order valence-electron chi connectivity index (χ0n) is 10.4. The Labute approximate surface area is 115 Å². The van der Waals surface area contributed by atoms with Crippen LogP contribution >= 0.6 is 15.9 Å². The molecule has 0 aliphatic carbocycles. The molecular formula is C13H18BrFN2O. The molecule has 0 fully saturated rings. The van der Waals surface area contributed by atoms with Crippen LogP contribution in [0.5, 0.6) is 0 Å². The third kappa shape index (κ3) is 5.14. The molecule has 18 heavy (non-hydrogen) atoms. The lowest BCUT2D eigenvalue weighted by Gasteiger charge is -2.10. The van der Waals surface area contributed by atoms with Gasteiger partial charge in [0.05, 0.1) is 4.47 Å². The van der Waals surface area contributed by atoms with Gasteiger partial charge in [-0.2, -0.15) is 0 Å². The van der Waals surface area contributed by atoms with Gasteiger partial charge in [-0.05, 0) is 59.4 Å². The Hall–Kier alpha value is -0.940. The molecule has 100 valence electrons. The number of hydrogen-bond donors (Lipinski definition) is 2. The summed E-state index contributed by atoms with van der Waals surface area (Å²) >= 11 is 3.08. The van der Waals surface area contributed by atoms with E-state index in [1.54, 1.807) is 12.1 Å². The van der Waals surface area contributed by atoms with Crippen LogP contribution in [0.25, 0.3) is 0 Å². The lowest BCUT2D eigenvalue weighted by atomic mass is 10.0. The summed E-state index contributed by atoms with van der Waals surface area (Å²) in [4.78, 5) is 11.7. The smallest absolute Gasteiger partial charge is 0.224 e. The molecule has 0 heterocycles. The normalized spacial score (nSPS) is 12.2. The lowest BCUT2D eigenvalue weighted by Crippen LogP contribution is -2.14. The minimum absolute atomic E-state index is 0.0580. The molecule has 0 spiro atoms. The van der Waals surface area contributed by atoms with Gasteiger partial charge >= 0.3 is 0 Å². The maximum Gasteiger partial charge on any atom is 0.224 e. The first-order valence-electron chi connectivity index (χ1n) is 5.98. The second-order valence-corrected chi connectivity index (χ2v) is 5.25. The number of benzene rings is 1. The van der Waals surface area contributed by atoms with E-state index in [2.05, 4.69) is 28.2 Å². The molecule has 0 saturated carbocycles. The number of carbonyl (C=O) groups is 1. The maximum atomic E-state index is 13.0. The van der Waals surface area contributed by atoms with Gasteiger partial charge in [-0.3, -0.25) is 4.79 Å². The standard InChI is InChI=1S/C13H18BrFN2O/c1-9(6-7-16)2-5-13(18)17-10-3-4-12(15)11(14)8-10/h3-4,8-9H,2,5-7,16H2,1H3,(H,17,18). The molecule has 0 radical (unpaired) electrons. The Bertz CT molecular complexity index is 412. The highest BCUT2D eigenvalue weighted by Crippen LogP contribution is 2.20. The van der Waals surface area contributed by atoms with Crippen LogP contribution in [0.3, 0.4) is 0 Å². The molecule has 1 aromatic carbocycles. The Morgan fingerprint density at radius 3 is 2.83 bits per heavy atom. The van der Waals surface area contributed by atoms with Crippen LogP contribution < -0.4 is 11.1 Å². The molecule has 1 rings (SSSR count). The summed E-state index contributed by atoms with van der Waals surface area (Å²) in [6.45, 7) is 2.72. The van der Waals surface area contributed by atoms with Crippen molar-refractivity contribution < 1.29 is 9.18 Å². The van der Waals surface area contributed by atoms with E-state index >= 15 is 0 Å². The molecule has 1 unspecified atom stereocenters. The quantitative estimate of drug-likeness (QED) is 0.846. The Balaban J connectivity index is 2.42. The van der Waals surface area contributed by atoms with Crippen LogP contribution in [-0.2, 0) is 4.79 Å². The summed E-state index contributed by atoms with van der Waals surface area (Å²) in [7, 11) is 0. The molecule has 1 aromatic rings. The number of anilines is 1. The van der Waals surface area contributed by atoms with Crippen LogP contribution in [0.2, 0.25) is 0 Å². The van der Waals surface area contributed by atoms with Gasteiger partial charge in [0.2, 0.25) is 5.91 Å². The van der Waals surface area contributed by atoms with E-state index in [1.807, 2.05) is 0 Å². The molecule has 0 aliphatic heterocycles. The van der Waals surface area contributed by atoms with Crippen molar-refractivity contribution in [3.8, 4) is 0 Å². The van der Waals surface area contributed by atoms with Crippen molar-refractivity contribution in [1.82, 2.24) is 0 Å². The Morgan fingerprint density at radius 2 is 2.22 bits per heavy atom. The fourth-order valence-electron chi connectivity index (χ4n) is 1.60. The van der Waals surface area contributed by atoms with Crippen molar-refractivity contribution in [2.24, 2.45) is 11.7 Å².